The smallest absolute Gasteiger partial charge is 0.263 e. The first kappa shape index (κ1) is 19.6. The van der Waals surface area contributed by atoms with E-state index in [2.05, 4.69) is 10.1 Å². The molecule has 1 fully saturated rings. The lowest BCUT2D eigenvalue weighted by molar-refractivity contribution is 0.0700. The molecule has 0 N–H and O–H groups in total. The van der Waals surface area contributed by atoms with Crippen LogP contribution in [0.1, 0.15) is 50.6 Å². The van der Waals surface area contributed by atoms with E-state index in [0.29, 0.717) is 31.3 Å². The van der Waals surface area contributed by atoms with E-state index in [0.717, 1.165) is 34.9 Å². The summed E-state index contributed by atoms with van der Waals surface area (Å²) < 4.78 is 11.3. The van der Waals surface area contributed by atoms with Gasteiger partial charge < -0.3 is 14.2 Å². The summed E-state index contributed by atoms with van der Waals surface area (Å²) in [6.07, 6.45) is 2.48. The van der Waals surface area contributed by atoms with Gasteiger partial charge in [-0.05, 0) is 56.5 Å². The Kier molecular flexibility index (Phi) is 5.94. The lowest BCUT2D eigenvalue weighted by Crippen LogP contribution is -2.38. The van der Waals surface area contributed by atoms with Crippen LogP contribution < -0.4 is 4.74 Å². The Morgan fingerprint density at radius 2 is 2.21 bits per heavy atom. The number of likely N-dealkylation sites (tertiary alicyclic amines) is 1. The van der Waals surface area contributed by atoms with Crippen molar-refractivity contribution in [3.05, 3.63) is 63.4 Å². The summed E-state index contributed by atoms with van der Waals surface area (Å²) in [6, 6.07) is 11.9. The molecule has 0 saturated carbocycles. The van der Waals surface area contributed by atoms with E-state index in [9.17, 15) is 4.79 Å². The van der Waals surface area contributed by atoms with E-state index in [1.807, 2.05) is 55.1 Å². The molecule has 29 heavy (non-hydrogen) atoms. The van der Waals surface area contributed by atoms with Crippen LogP contribution >= 0.6 is 11.3 Å². The molecule has 7 heteroatoms. The van der Waals surface area contributed by atoms with E-state index in [1.165, 1.54) is 5.56 Å². The van der Waals surface area contributed by atoms with Gasteiger partial charge in [0, 0.05) is 24.4 Å². The molecule has 0 radical (unpaired) electrons. The van der Waals surface area contributed by atoms with Gasteiger partial charge in [0.1, 0.15) is 5.75 Å². The molecule has 2 aromatic heterocycles. The van der Waals surface area contributed by atoms with E-state index in [-0.39, 0.29) is 11.8 Å². The molecule has 4 rings (SSSR count). The second kappa shape index (κ2) is 8.78. The monoisotopic (exact) mass is 411 g/mol. The van der Waals surface area contributed by atoms with Gasteiger partial charge in [-0.1, -0.05) is 17.3 Å². The normalized spacial score (nSPS) is 16.8. The van der Waals surface area contributed by atoms with Crippen molar-refractivity contribution < 1.29 is 14.1 Å². The highest BCUT2D eigenvalue weighted by molar-refractivity contribution is 7.13. The third kappa shape index (κ3) is 4.85. The summed E-state index contributed by atoms with van der Waals surface area (Å²) in [5, 5.41) is 4.10. The van der Waals surface area contributed by atoms with Crippen molar-refractivity contribution in [2.45, 2.75) is 39.0 Å². The van der Waals surface area contributed by atoms with Gasteiger partial charge in [-0.25, -0.2) is 0 Å². The molecule has 0 spiro atoms. The van der Waals surface area contributed by atoms with Crippen LogP contribution in [-0.2, 0) is 6.42 Å². The van der Waals surface area contributed by atoms with Crippen molar-refractivity contribution >= 4 is 17.2 Å². The lowest BCUT2D eigenvalue weighted by atomic mass is 9.98. The number of nitrogens with zero attached hydrogens (tertiary/aromatic N) is 3. The minimum Gasteiger partial charge on any atom is -0.493 e. The zero-order valence-corrected chi connectivity index (χ0v) is 17.6. The van der Waals surface area contributed by atoms with Crippen LogP contribution in [0.25, 0.3) is 0 Å². The lowest BCUT2D eigenvalue weighted by Gasteiger charge is -2.30. The second-order valence-corrected chi connectivity index (χ2v) is 8.75. The molecule has 1 aromatic carbocycles. The van der Waals surface area contributed by atoms with Crippen molar-refractivity contribution in [3.8, 4) is 5.75 Å². The van der Waals surface area contributed by atoms with Crippen LogP contribution in [0.4, 0.5) is 0 Å². The van der Waals surface area contributed by atoms with Crippen LogP contribution in [0, 0.1) is 13.8 Å². The molecule has 0 bridgehead atoms. The Hall–Kier alpha value is -2.67. The van der Waals surface area contributed by atoms with Crippen molar-refractivity contribution in [1.82, 2.24) is 15.0 Å². The number of carbonyl (C=O) groups excluding carboxylic acids is 1. The molecule has 1 amide bonds. The number of hydrogen-bond donors (Lipinski definition) is 0. The van der Waals surface area contributed by atoms with E-state index >= 15 is 0 Å². The maximum atomic E-state index is 12.7. The maximum absolute atomic E-state index is 12.7. The maximum Gasteiger partial charge on any atom is 0.263 e. The second-order valence-electron chi connectivity index (χ2n) is 7.46. The quantitative estimate of drug-likeness (QED) is 0.602. The summed E-state index contributed by atoms with van der Waals surface area (Å²) in [5.74, 6) is 2.30. The first-order valence-corrected chi connectivity index (χ1v) is 10.8. The topological polar surface area (TPSA) is 68.5 Å². The van der Waals surface area contributed by atoms with Gasteiger partial charge in [0.05, 0.1) is 17.4 Å². The number of piperidine rings is 1. The standard InChI is InChI=1S/C22H25N3O3S/c1-15-5-3-7-18(13-15)27-12-10-20-23-21(28-24-20)17-6-4-11-25(14-17)22(26)19-9-8-16(2)29-19/h3,5,7-9,13,17H,4,6,10-12,14H2,1-2H3. The number of aromatic nitrogens is 2. The van der Waals surface area contributed by atoms with Gasteiger partial charge in [0.25, 0.3) is 5.91 Å². The third-order valence-corrected chi connectivity index (χ3v) is 6.07. The first-order chi connectivity index (χ1) is 14.1. The van der Waals surface area contributed by atoms with Crippen molar-refractivity contribution in [2.24, 2.45) is 0 Å². The van der Waals surface area contributed by atoms with Crippen LogP contribution in [0.5, 0.6) is 5.75 Å². The van der Waals surface area contributed by atoms with Crippen LogP contribution in [0.2, 0.25) is 0 Å². The Labute approximate surface area is 174 Å². The molecular formula is C22H25N3O3S. The number of ether oxygens (including phenoxy) is 1. The third-order valence-electron chi connectivity index (χ3n) is 5.08. The Morgan fingerprint density at radius 3 is 3.00 bits per heavy atom. The fraction of sp³-hybridized carbons (Fsp3) is 0.409. The number of aryl methyl sites for hydroxylation is 2. The SMILES string of the molecule is Cc1cccc(OCCc2noc(C3CCCN(C(=O)c4ccc(C)s4)C3)n2)c1. The summed E-state index contributed by atoms with van der Waals surface area (Å²) >= 11 is 1.54. The zero-order chi connectivity index (χ0) is 20.2. The zero-order valence-electron chi connectivity index (χ0n) is 16.8. The van der Waals surface area contributed by atoms with Gasteiger partial charge in [-0.2, -0.15) is 4.98 Å². The van der Waals surface area contributed by atoms with Gasteiger partial charge in [-0.15, -0.1) is 11.3 Å². The van der Waals surface area contributed by atoms with Crippen molar-refractivity contribution in [3.63, 3.8) is 0 Å². The predicted octanol–water partition coefficient (Wildman–Crippen LogP) is 4.39. The summed E-state index contributed by atoms with van der Waals surface area (Å²) in [6.45, 7) is 5.95. The largest absolute Gasteiger partial charge is 0.493 e. The predicted molar refractivity (Wildman–Crippen MR) is 112 cm³/mol. The molecule has 1 atom stereocenters. The van der Waals surface area contributed by atoms with Crippen LogP contribution in [0.3, 0.4) is 0 Å². The molecule has 1 unspecified atom stereocenters. The summed E-state index contributed by atoms with van der Waals surface area (Å²) in [4.78, 5) is 21.2. The molecular weight excluding hydrogens is 386 g/mol. The Morgan fingerprint density at radius 1 is 1.31 bits per heavy atom. The van der Waals surface area contributed by atoms with E-state index < -0.39 is 0 Å². The van der Waals surface area contributed by atoms with Gasteiger partial charge >= 0.3 is 0 Å². The molecule has 0 aliphatic carbocycles. The van der Waals surface area contributed by atoms with E-state index in [1.54, 1.807) is 11.3 Å². The number of carbonyl (C=O) groups is 1. The number of amides is 1. The highest BCUT2D eigenvalue weighted by Gasteiger charge is 2.29. The Bertz CT molecular complexity index is 981. The highest BCUT2D eigenvalue weighted by atomic mass is 32.1. The number of rotatable bonds is 6. The minimum absolute atomic E-state index is 0.0905. The summed E-state index contributed by atoms with van der Waals surface area (Å²) in [5.41, 5.74) is 1.17. The average molecular weight is 412 g/mol. The Balaban J connectivity index is 1.33. The van der Waals surface area contributed by atoms with Gasteiger partial charge in [-0.3, -0.25) is 4.79 Å². The van der Waals surface area contributed by atoms with Crippen molar-refractivity contribution in [1.29, 1.82) is 0 Å². The van der Waals surface area contributed by atoms with E-state index in [4.69, 9.17) is 9.26 Å². The number of thiophene rings is 1. The molecule has 3 aromatic rings. The minimum atomic E-state index is 0.0905. The number of hydrogen-bond acceptors (Lipinski definition) is 6. The molecule has 152 valence electrons. The van der Waals surface area contributed by atoms with Crippen LogP contribution in [-0.4, -0.2) is 40.6 Å². The first-order valence-electron chi connectivity index (χ1n) is 9.96. The molecule has 3 heterocycles. The van der Waals surface area contributed by atoms with Crippen LogP contribution in [0.15, 0.2) is 40.9 Å². The molecule has 6 nitrogen and oxygen atoms in total. The molecule has 1 aliphatic rings. The fourth-order valence-corrected chi connectivity index (χ4v) is 4.40. The number of benzene rings is 1. The highest BCUT2D eigenvalue weighted by Crippen LogP contribution is 2.28. The molecule has 1 saturated heterocycles. The average Bonchev–Trinajstić information content (AvgIpc) is 3.37. The van der Waals surface area contributed by atoms with Crippen molar-refractivity contribution in [2.75, 3.05) is 19.7 Å². The summed E-state index contributed by atoms with van der Waals surface area (Å²) in [7, 11) is 0. The fourth-order valence-electron chi connectivity index (χ4n) is 3.57. The molecule has 1 aliphatic heterocycles. The van der Waals surface area contributed by atoms with Gasteiger partial charge in [0.15, 0.2) is 5.82 Å². The van der Waals surface area contributed by atoms with Gasteiger partial charge in [0.2, 0.25) is 5.89 Å².